The van der Waals surface area contributed by atoms with Gasteiger partial charge >= 0.3 is 0 Å². The van der Waals surface area contributed by atoms with Crippen LogP contribution in [-0.4, -0.2) is 9.78 Å². The molecule has 1 aromatic heterocycles. The fraction of sp³-hybridized carbons (Fsp3) is 0.647. The van der Waals surface area contributed by atoms with Crippen LogP contribution in [0.25, 0.3) is 0 Å². The lowest BCUT2D eigenvalue weighted by Gasteiger charge is -2.56. The molecule has 4 fully saturated rings. The Balaban J connectivity index is 1.79. The summed E-state index contributed by atoms with van der Waals surface area (Å²) in [6, 6.07) is 4.18. The summed E-state index contributed by atoms with van der Waals surface area (Å²) >= 11 is 0. The minimum atomic E-state index is 0.258. The highest BCUT2D eigenvalue weighted by Crippen LogP contribution is 2.60. The zero-order chi connectivity index (χ0) is 13.7. The summed E-state index contributed by atoms with van der Waals surface area (Å²) in [5.41, 5.74) is 2.02. The van der Waals surface area contributed by atoms with Gasteiger partial charge in [0.05, 0.1) is 0 Å². The van der Waals surface area contributed by atoms with E-state index >= 15 is 0 Å². The molecule has 1 heterocycles. The third-order valence-corrected chi connectivity index (χ3v) is 5.72. The first-order valence-corrected chi connectivity index (χ1v) is 7.64. The van der Waals surface area contributed by atoms with Gasteiger partial charge in [-0.15, -0.1) is 6.42 Å². The first-order chi connectivity index (χ1) is 9.72. The van der Waals surface area contributed by atoms with E-state index in [1.807, 2.05) is 10.7 Å². The molecule has 5 rings (SSSR count). The van der Waals surface area contributed by atoms with Crippen LogP contribution < -0.4 is 0 Å². The predicted octanol–water partition coefficient (Wildman–Crippen LogP) is 2.86. The highest BCUT2D eigenvalue weighted by molar-refractivity contribution is 5.31. The van der Waals surface area contributed by atoms with Gasteiger partial charge in [0, 0.05) is 11.1 Å². The van der Waals surface area contributed by atoms with Crippen LogP contribution in [0.3, 0.4) is 0 Å². The standard InChI is InChI=1S/C17H19N3/c1-2-3-20-16(7-15(11-18)19-20)17-8-12-4-13(9-17)6-14(5-12)10-17/h1,7,12-14H,3-6,8-10H2. The van der Waals surface area contributed by atoms with E-state index in [9.17, 15) is 0 Å². The summed E-state index contributed by atoms with van der Waals surface area (Å²) in [7, 11) is 0. The molecule has 102 valence electrons. The minimum absolute atomic E-state index is 0.258. The van der Waals surface area contributed by atoms with Gasteiger partial charge in [-0.2, -0.15) is 10.4 Å². The van der Waals surface area contributed by atoms with Crippen LogP contribution in [-0.2, 0) is 12.0 Å². The highest BCUT2D eigenvalue weighted by atomic mass is 15.3. The van der Waals surface area contributed by atoms with Crippen molar-refractivity contribution in [1.82, 2.24) is 9.78 Å². The van der Waals surface area contributed by atoms with Crippen molar-refractivity contribution < 1.29 is 0 Å². The predicted molar refractivity (Wildman–Crippen MR) is 75.6 cm³/mol. The van der Waals surface area contributed by atoms with E-state index < -0.39 is 0 Å². The molecule has 0 saturated heterocycles. The van der Waals surface area contributed by atoms with Gasteiger partial charge < -0.3 is 0 Å². The summed E-state index contributed by atoms with van der Waals surface area (Å²) < 4.78 is 1.92. The number of hydrogen-bond donors (Lipinski definition) is 0. The Morgan fingerprint density at radius 1 is 1.25 bits per heavy atom. The maximum Gasteiger partial charge on any atom is 0.162 e. The van der Waals surface area contributed by atoms with Crippen molar-refractivity contribution in [2.24, 2.45) is 17.8 Å². The second kappa shape index (κ2) is 4.13. The number of rotatable bonds is 2. The monoisotopic (exact) mass is 265 g/mol. The van der Waals surface area contributed by atoms with Crippen molar-refractivity contribution in [1.29, 1.82) is 5.26 Å². The van der Waals surface area contributed by atoms with Crippen molar-refractivity contribution in [3.05, 3.63) is 17.5 Å². The fourth-order valence-electron chi connectivity index (χ4n) is 5.53. The third-order valence-electron chi connectivity index (χ3n) is 5.72. The first kappa shape index (κ1) is 12.0. The molecule has 4 aliphatic rings. The van der Waals surface area contributed by atoms with Crippen molar-refractivity contribution in [3.8, 4) is 18.4 Å². The van der Waals surface area contributed by atoms with E-state index in [2.05, 4.69) is 17.1 Å². The second-order valence-electron chi connectivity index (χ2n) is 7.09. The number of nitrogens with zero attached hydrogens (tertiary/aromatic N) is 3. The molecule has 4 bridgehead atoms. The first-order valence-electron chi connectivity index (χ1n) is 7.64. The van der Waals surface area contributed by atoms with Gasteiger partial charge in [-0.1, -0.05) is 5.92 Å². The minimum Gasteiger partial charge on any atom is -0.256 e. The van der Waals surface area contributed by atoms with Crippen LogP contribution >= 0.6 is 0 Å². The molecule has 4 saturated carbocycles. The van der Waals surface area contributed by atoms with E-state index in [-0.39, 0.29) is 5.41 Å². The average molecular weight is 265 g/mol. The van der Waals surface area contributed by atoms with Gasteiger partial charge in [0.2, 0.25) is 0 Å². The molecule has 3 heteroatoms. The summed E-state index contributed by atoms with van der Waals surface area (Å²) in [6.07, 6.45) is 13.6. The Morgan fingerprint density at radius 2 is 1.85 bits per heavy atom. The Morgan fingerprint density at radius 3 is 2.35 bits per heavy atom. The molecular formula is C17H19N3. The van der Waals surface area contributed by atoms with Gasteiger partial charge in [0.25, 0.3) is 0 Å². The number of nitriles is 1. The fourth-order valence-corrected chi connectivity index (χ4v) is 5.53. The summed E-state index contributed by atoms with van der Waals surface area (Å²) in [5, 5.41) is 13.5. The molecule has 20 heavy (non-hydrogen) atoms. The molecule has 0 amide bonds. The van der Waals surface area contributed by atoms with E-state index in [0.29, 0.717) is 12.2 Å². The Kier molecular flexibility index (Phi) is 2.48. The van der Waals surface area contributed by atoms with Crippen LogP contribution in [0.15, 0.2) is 6.07 Å². The van der Waals surface area contributed by atoms with Crippen LogP contribution in [0, 0.1) is 41.4 Å². The molecule has 0 spiro atoms. The number of aromatic nitrogens is 2. The van der Waals surface area contributed by atoms with Crippen LogP contribution in [0.1, 0.15) is 49.9 Å². The van der Waals surface area contributed by atoms with E-state index in [1.165, 1.54) is 44.2 Å². The SMILES string of the molecule is C#CCn1nc(C#N)cc1C12CC3CC(CC(C3)C1)C2. The third kappa shape index (κ3) is 1.63. The van der Waals surface area contributed by atoms with Crippen LogP contribution in [0.2, 0.25) is 0 Å². The Hall–Kier alpha value is -1.74. The maximum atomic E-state index is 9.15. The molecule has 0 N–H and O–H groups in total. The van der Waals surface area contributed by atoms with Crippen LogP contribution in [0.5, 0.6) is 0 Å². The van der Waals surface area contributed by atoms with Crippen molar-refractivity contribution in [3.63, 3.8) is 0 Å². The van der Waals surface area contributed by atoms with Crippen molar-refractivity contribution >= 4 is 0 Å². The quantitative estimate of drug-likeness (QED) is 0.772. The molecule has 3 nitrogen and oxygen atoms in total. The average Bonchev–Trinajstić information content (AvgIpc) is 2.81. The van der Waals surface area contributed by atoms with Gasteiger partial charge in [0.15, 0.2) is 5.69 Å². The zero-order valence-corrected chi connectivity index (χ0v) is 11.7. The van der Waals surface area contributed by atoms with Gasteiger partial charge in [-0.25, -0.2) is 0 Å². The van der Waals surface area contributed by atoms with Crippen molar-refractivity contribution in [2.45, 2.75) is 50.5 Å². The molecule has 0 aliphatic heterocycles. The van der Waals surface area contributed by atoms with E-state index in [1.54, 1.807) is 0 Å². The lowest BCUT2D eigenvalue weighted by atomic mass is 9.49. The summed E-state index contributed by atoms with van der Waals surface area (Å²) in [5.74, 6) is 5.35. The lowest BCUT2D eigenvalue weighted by molar-refractivity contribution is -0.00907. The Bertz CT molecular complexity index is 590. The lowest BCUT2D eigenvalue weighted by Crippen LogP contribution is -2.49. The van der Waals surface area contributed by atoms with Crippen LogP contribution in [0.4, 0.5) is 0 Å². The molecule has 0 aromatic carbocycles. The van der Waals surface area contributed by atoms with Gasteiger partial charge in [-0.05, 0) is 62.3 Å². The number of hydrogen-bond acceptors (Lipinski definition) is 2. The molecule has 1 aromatic rings. The van der Waals surface area contributed by atoms with E-state index in [4.69, 9.17) is 11.7 Å². The second-order valence-corrected chi connectivity index (χ2v) is 7.09. The molecule has 0 atom stereocenters. The molecular weight excluding hydrogens is 246 g/mol. The normalized spacial score (nSPS) is 37.6. The van der Waals surface area contributed by atoms with Gasteiger partial charge in [0.1, 0.15) is 12.6 Å². The summed E-state index contributed by atoms with van der Waals surface area (Å²) in [6.45, 7) is 0.485. The molecule has 0 unspecified atom stereocenters. The van der Waals surface area contributed by atoms with E-state index in [0.717, 1.165) is 17.8 Å². The largest absolute Gasteiger partial charge is 0.256 e. The zero-order valence-electron chi connectivity index (χ0n) is 11.7. The molecule has 0 radical (unpaired) electrons. The van der Waals surface area contributed by atoms with Crippen molar-refractivity contribution in [2.75, 3.05) is 0 Å². The molecule has 4 aliphatic carbocycles. The topological polar surface area (TPSA) is 41.6 Å². The summed E-state index contributed by atoms with van der Waals surface area (Å²) in [4.78, 5) is 0. The maximum absolute atomic E-state index is 9.15. The highest BCUT2D eigenvalue weighted by Gasteiger charge is 2.52. The smallest absolute Gasteiger partial charge is 0.162 e. The van der Waals surface area contributed by atoms with Gasteiger partial charge in [-0.3, -0.25) is 4.68 Å². The number of terminal acetylenes is 1. The Labute approximate surface area is 120 Å².